The molecule has 2 heterocycles. The maximum Gasteiger partial charge on any atom is 0.319 e. The van der Waals surface area contributed by atoms with Gasteiger partial charge in [0, 0.05) is 10.6 Å². The maximum absolute atomic E-state index is 12.2. The average molecular weight is 354 g/mol. The van der Waals surface area contributed by atoms with E-state index in [2.05, 4.69) is 10.6 Å². The summed E-state index contributed by atoms with van der Waals surface area (Å²) in [4.78, 5) is 25.7. The van der Waals surface area contributed by atoms with Gasteiger partial charge in [0.15, 0.2) is 5.76 Å². The van der Waals surface area contributed by atoms with Crippen molar-refractivity contribution in [2.24, 2.45) is 0 Å². The van der Waals surface area contributed by atoms with Crippen molar-refractivity contribution in [3.05, 3.63) is 75.4 Å². The highest BCUT2D eigenvalue weighted by Crippen LogP contribution is 2.20. The largest absolute Gasteiger partial charge is 0.461 e. The highest BCUT2D eigenvalue weighted by atomic mass is 32.1. The van der Waals surface area contributed by atoms with Crippen molar-refractivity contribution in [2.75, 3.05) is 5.32 Å². The van der Waals surface area contributed by atoms with E-state index in [4.69, 9.17) is 4.42 Å². The second-order valence-corrected chi connectivity index (χ2v) is 6.92. The van der Waals surface area contributed by atoms with Crippen molar-refractivity contribution < 1.29 is 14.0 Å². The van der Waals surface area contributed by atoms with Gasteiger partial charge in [0.05, 0.1) is 17.7 Å². The summed E-state index contributed by atoms with van der Waals surface area (Å²) in [5.41, 5.74) is 2.94. The topological polar surface area (TPSA) is 71.3 Å². The predicted molar refractivity (Wildman–Crippen MR) is 98.2 cm³/mol. The van der Waals surface area contributed by atoms with Gasteiger partial charge in [-0.05, 0) is 61.4 Å². The molecule has 2 amide bonds. The molecule has 128 valence electrons. The summed E-state index contributed by atoms with van der Waals surface area (Å²) >= 11 is 1.34. The van der Waals surface area contributed by atoms with E-state index in [9.17, 15) is 9.59 Å². The first kappa shape index (κ1) is 17.0. The molecule has 0 bridgehead atoms. The number of nitrogens with one attached hydrogen (secondary N) is 2. The third-order valence-corrected chi connectivity index (χ3v) is 4.62. The molecule has 0 saturated carbocycles. The molecule has 0 aliphatic rings. The van der Waals surface area contributed by atoms with Crippen LogP contribution in [-0.2, 0) is 6.54 Å². The number of aryl methyl sites for hydroxylation is 2. The Morgan fingerprint density at radius 1 is 1.08 bits per heavy atom. The van der Waals surface area contributed by atoms with E-state index in [0.29, 0.717) is 17.2 Å². The summed E-state index contributed by atoms with van der Waals surface area (Å²) in [5.74, 6) is 0.162. The minimum atomic E-state index is -0.280. The number of thiophene rings is 1. The van der Waals surface area contributed by atoms with E-state index < -0.39 is 0 Å². The Kier molecular flexibility index (Phi) is 5.00. The fourth-order valence-corrected chi connectivity index (χ4v) is 3.41. The van der Waals surface area contributed by atoms with Gasteiger partial charge >= 0.3 is 6.03 Å². The number of carbonyl (C=O) groups excluding carboxylic acids is 2. The monoisotopic (exact) mass is 354 g/mol. The first-order valence-corrected chi connectivity index (χ1v) is 8.63. The molecule has 1 aromatic carbocycles. The number of anilines is 1. The minimum Gasteiger partial charge on any atom is -0.461 e. The zero-order valence-corrected chi connectivity index (χ0v) is 14.8. The molecule has 0 unspecified atom stereocenters. The summed E-state index contributed by atoms with van der Waals surface area (Å²) in [7, 11) is 0. The van der Waals surface area contributed by atoms with Crippen LogP contribution in [0.4, 0.5) is 10.5 Å². The van der Waals surface area contributed by atoms with Crippen molar-refractivity contribution in [2.45, 2.75) is 20.4 Å². The van der Waals surface area contributed by atoms with Crippen LogP contribution in [0.15, 0.2) is 53.1 Å². The van der Waals surface area contributed by atoms with Crippen LogP contribution < -0.4 is 10.6 Å². The first-order valence-electron chi connectivity index (χ1n) is 7.81. The number of carbonyl (C=O) groups is 2. The normalized spacial score (nSPS) is 10.5. The van der Waals surface area contributed by atoms with Gasteiger partial charge in [0.2, 0.25) is 5.78 Å². The van der Waals surface area contributed by atoms with Crippen molar-refractivity contribution in [3.8, 4) is 0 Å². The highest BCUT2D eigenvalue weighted by Gasteiger charge is 2.14. The molecule has 0 aliphatic heterocycles. The Bertz CT molecular complexity index is 877. The van der Waals surface area contributed by atoms with Crippen LogP contribution in [0.25, 0.3) is 0 Å². The first-order chi connectivity index (χ1) is 12.0. The van der Waals surface area contributed by atoms with Crippen LogP contribution in [0.5, 0.6) is 0 Å². The molecule has 0 saturated heterocycles. The van der Waals surface area contributed by atoms with Gasteiger partial charge < -0.3 is 15.1 Å². The summed E-state index contributed by atoms with van der Waals surface area (Å²) in [6.07, 6.45) is 1.47. The highest BCUT2D eigenvalue weighted by molar-refractivity contribution is 7.14. The van der Waals surface area contributed by atoms with E-state index in [1.165, 1.54) is 17.6 Å². The number of hydrogen-bond donors (Lipinski definition) is 2. The van der Waals surface area contributed by atoms with Gasteiger partial charge in [-0.15, -0.1) is 11.3 Å². The molecule has 0 atom stereocenters. The van der Waals surface area contributed by atoms with Crippen LogP contribution >= 0.6 is 11.3 Å². The van der Waals surface area contributed by atoms with Crippen LogP contribution in [0.1, 0.15) is 31.4 Å². The Hall–Kier alpha value is -2.86. The number of ketones is 1. The summed E-state index contributed by atoms with van der Waals surface area (Å²) in [6, 6.07) is 12.5. The fourth-order valence-electron chi connectivity index (χ4n) is 2.51. The van der Waals surface area contributed by atoms with Gasteiger partial charge in [0.25, 0.3) is 0 Å². The predicted octanol–water partition coefficient (Wildman–Crippen LogP) is 4.51. The van der Waals surface area contributed by atoms with Crippen molar-refractivity contribution in [3.63, 3.8) is 0 Å². The molecule has 0 spiro atoms. The lowest BCUT2D eigenvalue weighted by Crippen LogP contribution is -2.27. The summed E-state index contributed by atoms with van der Waals surface area (Å²) < 4.78 is 5.12. The molecular formula is C19H18N2O3S. The zero-order valence-electron chi connectivity index (χ0n) is 14.0. The standard InChI is InChI=1S/C19H18N2O3S/c1-12-8-13(2)10-14(9-12)21-19(23)20-11-15-5-6-17(25-15)18(22)16-4-3-7-24-16/h3-10H,11H2,1-2H3,(H2,20,21,23). The molecule has 2 aromatic heterocycles. The molecule has 5 nitrogen and oxygen atoms in total. The smallest absolute Gasteiger partial charge is 0.319 e. The Labute approximate surface area is 149 Å². The van der Waals surface area contributed by atoms with Crippen LogP contribution in [-0.4, -0.2) is 11.8 Å². The lowest BCUT2D eigenvalue weighted by atomic mass is 10.1. The van der Waals surface area contributed by atoms with Crippen LogP contribution in [0.2, 0.25) is 0 Å². The molecule has 3 aromatic rings. The number of urea groups is 1. The van der Waals surface area contributed by atoms with Crippen LogP contribution in [0.3, 0.4) is 0 Å². The number of furan rings is 1. The number of benzene rings is 1. The van der Waals surface area contributed by atoms with Gasteiger partial charge in [-0.1, -0.05) is 6.07 Å². The lowest BCUT2D eigenvalue weighted by molar-refractivity contribution is 0.101. The summed E-state index contributed by atoms with van der Waals surface area (Å²) in [5, 5.41) is 5.62. The molecule has 0 aliphatic carbocycles. The van der Waals surface area contributed by atoms with Gasteiger partial charge in [0.1, 0.15) is 0 Å². The number of hydrogen-bond acceptors (Lipinski definition) is 4. The molecular weight excluding hydrogens is 336 g/mol. The van der Waals surface area contributed by atoms with Gasteiger partial charge in [-0.25, -0.2) is 4.79 Å². The second kappa shape index (κ2) is 7.36. The Morgan fingerprint density at radius 2 is 1.84 bits per heavy atom. The van der Waals surface area contributed by atoms with Crippen LogP contribution in [0, 0.1) is 13.8 Å². The molecule has 6 heteroatoms. The number of rotatable bonds is 5. The van der Waals surface area contributed by atoms with Crippen molar-refractivity contribution in [1.29, 1.82) is 0 Å². The van der Waals surface area contributed by atoms with Gasteiger partial charge in [-0.2, -0.15) is 0 Å². The third-order valence-electron chi connectivity index (χ3n) is 3.53. The van der Waals surface area contributed by atoms with Crippen molar-refractivity contribution in [1.82, 2.24) is 5.32 Å². The number of amides is 2. The molecule has 0 fully saturated rings. The fraction of sp³-hybridized carbons (Fsp3) is 0.158. The SMILES string of the molecule is Cc1cc(C)cc(NC(=O)NCc2ccc(C(=O)c3ccco3)s2)c1. The average Bonchev–Trinajstić information content (AvgIpc) is 3.23. The quantitative estimate of drug-likeness (QED) is 0.662. The van der Waals surface area contributed by atoms with E-state index >= 15 is 0 Å². The van der Waals surface area contributed by atoms with E-state index in [-0.39, 0.29) is 11.8 Å². The third kappa shape index (κ3) is 4.36. The molecule has 25 heavy (non-hydrogen) atoms. The minimum absolute atomic E-state index is 0.152. The maximum atomic E-state index is 12.2. The van der Waals surface area contributed by atoms with E-state index in [0.717, 1.165) is 21.7 Å². The van der Waals surface area contributed by atoms with Gasteiger partial charge in [-0.3, -0.25) is 4.79 Å². The molecule has 3 rings (SSSR count). The summed E-state index contributed by atoms with van der Waals surface area (Å²) in [6.45, 7) is 4.32. The van der Waals surface area contributed by atoms with Crippen molar-refractivity contribution >= 4 is 28.8 Å². The Morgan fingerprint density at radius 3 is 2.52 bits per heavy atom. The second-order valence-electron chi connectivity index (χ2n) is 5.76. The Balaban J connectivity index is 1.57. The van der Waals surface area contributed by atoms with E-state index in [1.54, 1.807) is 18.2 Å². The molecule has 2 N–H and O–H groups in total. The van der Waals surface area contributed by atoms with E-state index in [1.807, 2.05) is 38.1 Å². The molecule has 0 radical (unpaired) electrons. The lowest BCUT2D eigenvalue weighted by Gasteiger charge is -2.08. The zero-order chi connectivity index (χ0) is 17.8.